The van der Waals surface area contributed by atoms with Crippen LogP contribution in [0.25, 0.3) is 0 Å². The summed E-state index contributed by atoms with van der Waals surface area (Å²) in [4.78, 5) is 24.0. The van der Waals surface area contributed by atoms with Crippen LogP contribution in [0.5, 0.6) is 0 Å². The molecule has 0 spiro atoms. The normalized spacial score (nSPS) is 19.0. The van der Waals surface area contributed by atoms with Crippen molar-refractivity contribution in [2.75, 3.05) is 20.3 Å². The number of amides is 1. The van der Waals surface area contributed by atoms with E-state index in [-0.39, 0.29) is 11.8 Å². The number of hydrogen-bond donors (Lipinski definition) is 1. The summed E-state index contributed by atoms with van der Waals surface area (Å²) in [6.07, 6.45) is 1.12. The smallest absolute Gasteiger partial charge is 0.328 e. The average Bonchev–Trinajstić information content (AvgIpc) is 3.02. The minimum Gasteiger partial charge on any atom is -0.467 e. The topological polar surface area (TPSA) is 64.6 Å². The third kappa shape index (κ3) is 4.29. The number of aryl methyl sites for hydroxylation is 1. The quantitative estimate of drug-likeness (QED) is 0.829. The fourth-order valence-corrected chi connectivity index (χ4v) is 2.33. The molecule has 21 heavy (non-hydrogen) atoms. The van der Waals surface area contributed by atoms with Gasteiger partial charge in [-0.05, 0) is 18.9 Å². The highest BCUT2D eigenvalue weighted by molar-refractivity contribution is 5.86. The van der Waals surface area contributed by atoms with Crippen molar-refractivity contribution in [3.63, 3.8) is 0 Å². The molecule has 1 aromatic carbocycles. The van der Waals surface area contributed by atoms with Crippen molar-refractivity contribution in [3.05, 3.63) is 35.4 Å². The van der Waals surface area contributed by atoms with Crippen LogP contribution in [0.15, 0.2) is 24.3 Å². The Hall–Kier alpha value is -1.88. The summed E-state index contributed by atoms with van der Waals surface area (Å²) in [7, 11) is 1.33. The molecule has 5 nitrogen and oxygen atoms in total. The lowest BCUT2D eigenvalue weighted by atomic mass is 10.0. The van der Waals surface area contributed by atoms with Gasteiger partial charge in [0.05, 0.1) is 19.6 Å². The van der Waals surface area contributed by atoms with Crippen LogP contribution in [0.2, 0.25) is 0 Å². The van der Waals surface area contributed by atoms with E-state index >= 15 is 0 Å². The Balaban J connectivity index is 2.01. The fraction of sp³-hybridized carbons (Fsp3) is 0.500. The molecule has 0 aromatic heterocycles. The summed E-state index contributed by atoms with van der Waals surface area (Å²) >= 11 is 0. The van der Waals surface area contributed by atoms with Gasteiger partial charge in [0.1, 0.15) is 6.04 Å². The molecule has 1 N–H and O–H groups in total. The largest absolute Gasteiger partial charge is 0.467 e. The number of rotatable bonds is 5. The van der Waals surface area contributed by atoms with Crippen LogP contribution in [-0.4, -0.2) is 38.2 Å². The molecule has 1 saturated heterocycles. The van der Waals surface area contributed by atoms with Gasteiger partial charge in [-0.1, -0.05) is 29.8 Å². The first-order valence-corrected chi connectivity index (χ1v) is 7.11. The summed E-state index contributed by atoms with van der Waals surface area (Å²) in [5.41, 5.74) is 2.14. The van der Waals surface area contributed by atoms with Crippen molar-refractivity contribution in [3.8, 4) is 0 Å². The van der Waals surface area contributed by atoms with Gasteiger partial charge in [-0.15, -0.1) is 0 Å². The predicted octanol–water partition coefficient (Wildman–Crippen LogP) is 1.23. The summed E-state index contributed by atoms with van der Waals surface area (Å²) in [5.74, 6) is -0.743. The number of hydrogen-bond acceptors (Lipinski definition) is 4. The van der Waals surface area contributed by atoms with Gasteiger partial charge in [0, 0.05) is 13.0 Å². The number of benzene rings is 1. The molecule has 1 amide bonds. The lowest BCUT2D eigenvalue weighted by Crippen LogP contribution is -2.45. The Morgan fingerprint density at radius 1 is 1.38 bits per heavy atom. The maximum Gasteiger partial charge on any atom is 0.328 e. The van der Waals surface area contributed by atoms with Gasteiger partial charge < -0.3 is 14.8 Å². The highest BCUT2D eigenvalue weighted by Gasteiger charge is 2.28. The molecule has 0 aliphatic carbocycles. The number of nitrogens with one attached hydrogen (secondary N) is 1. The van der Waals surface area contributed by atoms with Crippen molar-refractivity contribution in [2.45, 2.75) is 25.8 Å². The van der Waals surface area contributed by atoms with E-state index < -0.39 is 12.0 Å². The predicted molar refractivity (Wildman–Crippen MR) is 77.8 cm³/mol. The van der Waals surface area contributed by atoms with Crippen LogP contribution >= 0.6 is 0 Å². The molecule has 0 bridgehead atoms. The monoisotopic (exact) mass is 291 g/mol. The van der Waals surface area contributed by atoms with Gasteiger partial charge in [-0.3, -0.25) is 4.79 Å². The first-order chi connectivity index (χ1) is 10.1. The molecule has 114 valence electrons. The second-order valence-electron chi connectivity index (χ2n) is 5.33. The SMILES string of the molecule is COC(=O)[C@@H](Cc1ccc(C)cc1)NC(=O)[C@@H]1CCOC1. The lowest BCUT2D eigenvalue weighted by Gasteiger charge is -2.18. The zero-order valence-corrected chi connectivity index (χ0v) is 12.4. The molecule has 1 aliphatic heterocycles. The van der Waals surface area contributed by atoms with E-state index in [1.165, 1.54) is 7.11 Å². The van der Waals surface area contributed by atoms with E-state index in [1.54, 1.807) is 0 Å². The van der Waals surface area contributed by atoms with E-state index in [9.17, 15) is 9.59 Å². The maximum atomic E-state index is 12.1. The zero-order chi connectivity index (χ0) is 15.2. The Kier molecular flexibility index (Phi) is 5.33. The molecule has 0 radical (unpaired) electrons. The zero-order valence-electron chi connectivity index (χ0n) is 12.4. The van der Waals surface area contributed by atoms with Crippen LogP contribution in [0.3, 0.4) is 0 Å². The molecular weight excluding hydrogens is 270 g/mol. The Morgan fingerprint density at radius 3 is 2.67 bits per heavy atom. The van der Waals surface area contributed by atoms with Gasteiger partial charge in [0.2, 0.25) is 5.91 Å². The second-order valence-corrected chi connectivity index (χ2v) is 5.33. The Bertz CT molecular complexity index is 492. The van der Waals surface area contributed by atoms with E-state index in [0.29, 0.717) is 26.1 Å². The van der Waals surface area contributed by atoms with Crippen molar-refractivity contribution in [2.24, 2.45) is 5.92 Å². The van der Waals surface area contributed by atoms with Gasteiger partial charge in [0.15, 0.2) is 0 Å². The molecule has 1 aromatic rings. The molecule has 1 aliphatic rings. The van der Waals surface area contributed by atoms with E-state index in [4.69, 9.17) is 9.47 Å². The second kappa shape index (κ2) is 7.22. The van der Waals surface area contributed by atoms with Crippen LogP contribution in [0.1, 0.15) is 17.5 Å². The van der Waals surface area contributed by atoms with Crippen molar-refractivity contribution < 1.29 is 19.1 Å². The van der Waals surface area contributed by atoms with E-state index in [1.807, 2.05) is 31.2 Å². The lowest BCUT2D eigenvalue weighted by molar-refractivity contribution is -0.145. The minimum absolute atomic E-state index is 0.144. The van der Waals surface area contributed by atoms with Crippen LogP contribution < -0.4 is 5.32 Å². The molecule has 1 fully saturated rings. The number of esters is 1. The summed E-state index contributed by atoms with van der Waals surface area (Å²) in [5, 5.41) is 2.78. The summed E-state index contributed by atoms with van der Waals surface area (Å²) < 4.78 is 9.99. The van der Waals surface area contributed by atoms with Crippen molar-refractivity contribution in [1.29, 1.82) is 0 Å². The van der Waals surface area contributed by atoms with E-state index in [0.717, 1.165) is 11.1 Å². The van der Waals surface area contributed by atoms with E-state index in [2.05, 4.69) is 5.32 Å². The van der Waals surface area contributed by atoms with Crippen molar-refractivity contribution >= 4 is 11.9 Å². The average molecular weight is 291 g/mol. The van der Waals surface area contributed by atoms with Gasteiger partial charge in [-0.25, -0.2) is 4.79 Å². The van der Waals surface area contributed by atoms with Crippen molar-refractivity contribution in [1.82, 2.24) is 5.32 Å². The molecular formula is C16H21NO4. The van der Waals surface area contributed by atoms with Gasteiger partial charge in [-0.2, -0.15) is 0 Å². The molecule has 0 unspecified atom stereocenters. The first-order valence-electron chi connectivity index (χ1n) is 7.11. The number of methoxy groups -OCH3 is 1. The van der Waals surface area contributed by atoms with Crippen LogP contribution in [-0.2, 0) is 25.5 Å². The Labute approximate surface area is 124 Å². The minimum atomic E-state index is -0.661. The number of carbonyl (C=O) groups excluding carboxylic acids is 2. The summed E-state index contributed by atoms with van der Waals surface area (Å²) in [6, 6.07) is 7.21. The molecule has 2 rings (SSSR count). The third-order valence-corrected chi connectivity index (χ3v) is 3.66. The van der Waals surface area contributed by atoms with Crippen LogP contribution in [0, 0.1) is 12.8 Å². The summed E-state index contributed by atoms with van der Waals surface area (Å²) in [6.45, 7) is 3.02. The Morgan fingerprint density at radius 2 is 2.10 bits per heavy atom. The van der Waals surface area contributed by atoms with Crippen LogP contribution in [0.4, 0.5) is 0 Å². The highest BCUT2D eigenvalue weighted by Crippen LogP contribution is 2.13. The standard InChI is InChI=1S/C16H21NO4/c1-11-3-5-12(6-4-11)9-14(16(19)20-2)17-15(18)13-7-8-21-10-13/h3-6,13-14H,7-10H2,1-2H3,(H,17,18)/t13-,14-/m1/s1. The van der Waals surface area contributed by atoms with Gasteiger partial charge in [0.25, 0.3) is 0 Å². The highest BCUT2D eigenvalue weighted by atomic mass is 16.5. The molecule has 1 heterocycles. The number of ether oxygens (including phenoxy) is 2. The fourth-order valence-electron chi connectivity index (χ4n) is 2.33. The third-order valence-electron chi connectivity index (χ3n) is 3.66. The maximum absolute atomic E-state index is 12.1. The van der Waals surface area contributed by atoms with Gasteiger partial charge >= 0.3 is 5.97 Å². The molecule has 0 saturated carbocycles. The number of carbonyl (C=O) groups is 2. The molecule has 5 heteroatoms. The molecule has 2 atom stereocenters. The first kappa shape index (κ1) is 15.5.